The molecule has 1 heterocycles. The van der Waals surface area contributed by atoms with Gasteiger partial charge >= 0.3 is 0 Å². The highest BCUT2D eigenvalue weighted by atomic mass is 16.1. The molecule has 30 heavy (non-hydrogen) atoms. The maximum Gasteiger partial charge on any atom is 0.262 e. The van der Waals surface area contributed by atoms with Crippen molar-refractivity contribution in [2.75, 3.05) is 0 Å². The lowest BCUT2D eigenvalue weighted by Gasteiger charge is -2.37. The molecule has 3 heteroatoms. The number of nitriles is 1. The standard InChI is InChI=1S/C27H20N2O/c1-27(21-14-13-18-7-2-3-9-20(18)15-21)16-24(25(17-28)26(30)29-27)23-12-6-10-19-8-4-5-11-22(19)23/h2-15H,16H2,1H3,(H,29,30). The Kier molecular flexibility index (Phi) is 4.15. The molecular weight excluding hydrogens is 368 g/mol. The van der Waals surface area contributed by atoms with Crippen LogP contribution in [0, 0.1) is 11.3 Å². The molecule has 4 aromatic carbocycles. The van der Waals surface area contributed by atoms with Gasteiger partial charge in [-0.3, -0.25) is 4.79 Å². The Morgan fingerprint density at radius 3 is 2.37 bits per heavy atom. The van der Waals surface area contributed by atoms with E-state index in [2.05, 4.69) is 53.9 Å². The van der Waals surface area contributed by atoms with E-state index in [-0.39, 0.29) is 11.5 Å². The van der Waals surface area contributed by atoms with Crippen LogP contribution in [0.5, 0.6) is 0 Å². The van der Waals surface area contributed by atoms with Crippen molar-refractivity contribution >= 4 is 33.0 Å². The zero-order valence-electron chi connectivity index (χ0n) is 16.6. The number of fused-ring (bicyclic) bond motifs is 2. The minimum Gasteiger partial charge on any atom is -0.342 e. The second kappa shape index (κ2) is 6.86. The number of benzene rings is 4. The molecular formula is C27H20N2O. The van der Waals surface area contributed by atoms with Gasteiger partial charge in [0.15, 0.2) is 0 Å². The largest absolute Gasteiger partial charge is 0.342 e. The van der Waals surface area contributed by atoms with Crippen LogP contribution in [0.2, 0.25) is 0 Å². The van der Waals surface area contributed by atoms with Gasteiger partial charge in [-0.1, -0.05) is 78.9 Å². The summed E-state index contributed by atoms with van der Waals surface area (Å²) in [5.41, 5.74) is 2.38. The smallest absolute Gasteiger partial charge is 0.262 e. The molecule has 4 aromatic rings. The minimum absolute atomic E-state index is 0.199. The van der Waals surface area contributed by atoms with Crippen LogP contribution in [0.25, 0.3) is 27.1 Å². The maximum absolute atomic E-state index is 13.0. The molecule has 0 aliphatic carbocycles. The highest BCUT2D eigenvalue weighted by molar-refractivity contribution is 6.10. The summed E-state index contributed by atoms with van der Waals surface area (Å²) in [6, 6.07) is 30.8. The Morgan fingerprint density at radius 1 is 0.867 bits per heavy atom. The predicted molar refractivity (Wildman–Crippen MR) is 121 cm³/mol. The van der Waals surface area contributed by atoms with Crippen LogP contribution in [-0.2, 0) is 10.3 Å². The molecule has 0 saturated heterocycles. The molecule has 1 aliphatic heterocycles. The van der Waals surface area contributed by atoms with Crippen molar-refractivity contribution in [2.45, 2.75) is 18.9 Å². The third-order valence-electron chi connectivity index (χ3n) is 6.06. The van der Waals surface area contributed by atoms with Crippen molar-refractivity contribution < 1.29 is 4.79 Å². The van der Waals surface area contributed by atoms with Crippen LogP contribution in [0.15, 0.2) is 90.5 Å². The Bertz CT molecular complexity index is 1390. The van der Waals surface area contributed by atoms with E-state index in [0.29, 0.717) is 6.42 Å². The van der Waals surface area contributed by atoms with Crippen molar-refractivity contribution in [3.05, 3.63) is 102 Å². The van der Waals surface area contributed by atoms with Crippen LogP contribution >= 0.6 is 0 Å². The minimum atomic E-state index is -0.603. The Balaban J connectivity index is 1.68. The highest BCUT2D eigenvalue weighted by Crippen LogP contribution is 2.40. The van der Waals surface area contributed by atoms with E-state index in [4.69, 9.17) is 0 Å². The molecule has 1 unspecified atom stereocenters. The van der Waals surface area contributed by atoms with Crippen LogP contribution in [0.1, 0.15) is 24.5 Å². The third kappa shape index (κ3) is 2.86. The number of carbonyl (C=O) groups is 1. The van der Waals surface area contributed by atoms with Crippen molar-refractivity contribution in [3.8, 4) is 6.07 Å². The van der Waals surface area contributed by atoms with Gasteiger partial charge in [0.05, 0.1) is 5.54 Å². The van der Waals surface area contributed by atoms with Gasteiger partial charge in [-0.05, 0) is 51.2 Å². The average Bonchev–Trinajstić information content (AvgIpc) is 2.78. The van der Waals surface area contributed by atoms with E-state index in [0.717, 1.165) is 38.2 Å². The van der Waals surface area contributed by atoms with Gasteiger partial charge in [0.25, 0.3) is 5.91 Å². The summed E-state index contributed by atoms with van der Waals surface area (Å²) in [6.07, 6.45) is 0.550. The van der Waals surface area contributed by atoms with E-state index in [9.17, 15) is 10.1 Å². The second-order valence-corrected chi connectivity index (χ2v) is 8.02. The summed E-state index contributed by atoms with van der Waals surface area (Å²) in [5, 5.41) is 17.3. The number of rotatable bonds is 2. The first-order chi connectivity index (χ1) is 14.6. The van der Waals surface area contributed by atoms with Gasteiger partial charge in [0.2, 0.25) is 0 Å². The third-order valence-corrected chi connectivity index (χ3v) is 6.06. The number of nitrogens with one attached hydrogen (secondary N) is 1. The molecule has 1 aliphatic rings. The summed E-state index contributed by atoms with van der Waals surface area (Å²) in [6.45, 7) is 2.04. The summed E-state index contributed by atoms with van der Waals surface area (Å²) in [5.74, 6) is -0.317. The van der Waals surface area contributed by atoms with Gasteiger partial charge in [-0.25, -0.2) is 0 Å². The number of hydrogen-bond acceptors (Lipinski definition) is 2. The lowest BCUT2D eigenvalue weighted by Crippen LogP contribution is -2.47. The van der Waals surface area contributed by atoms with Gasteiger partial charge < -0.3 is 5.32 Å². The molecule has 0 bridgehead atoms. The second-order valence-electron chi connectivity index (χ2n) is 8.02. The van der Waals surface area contributed by atoms with Gasteiger partial charge in [-0.2, -0.15) is 5.26 Å². The van der Waals surface area contributed by atoms with Gasteiger partial charge in [-0.15, -0.1) is 0 Å². The summed E-state index contributed by atoms with van der Waals surface area (Å²) >= 11 is 0. The van der Waals surface area contributed by atoms with Crippen LogP contribution in [-0.4, -0.2) is 5.91 Å². The number of nitrogens with zero attached hydrogens (tertiary/aromatic N) is 1. The molecule has 144 valence electrons. The summed E-state index contributed by atoms with van der Waals surface area (Å²) in [4.78, 5) is 13.0. The Labute approximate surface area is 175 Å². The molecule has 1 atom stereocenters. The summed E-state index contributed by atoms with van der Waals surface area (Å²) < 4.78 is 0. The molecule has 1 amide bonds. The van der Waals surface area contributed by atoms with E-state index >= 15 is 0 Å². The van der Waals surface area contributed by atoms with E-state index in [1.54, 1.807) is 0 Å². The molecule has 1 N–H and O–H groups in total. The van der Waals surface area contributed by atoms with Crippen LogP contribution in [0.3, 0.4) is 0 Å². The number of hydrogen-bond donors (Lipinski definition) is 1. The first-order valence-corrected chi connectivity index (χ1v) is 10.0. The molecule has 5 rings (SSSR count). The van der Waals surface area contributed by atoms with Crippen LogP contribution in [0.4, 0.5) is 0 Å². The molecule has 0 saturated carbocycles. The van der Waals surface area contributed by atoms with E-state index in [1.807, 2.05) is 49.4 Å². The normalized spacial score (nSPS) is 19.0. The van der Waals surface area contributed by atoms with Crippen molar-refractivity contribution in [1.82, 2.24) is 5.32 Å². The topological polar surface area (TPSA) is 52.9 Å². The molecule has 0 radical (unpaired) electrons. The number of amides is 1. The van der Waals surface area contributed by atoms with E-state index in [1.165, 1.54) is 0 Å². The van der Waals surface area contributed by atoms with E-state index < -0.39 is 5.54 Å². The van der Waals surface area contributed by atoms with Crippen molar-refractivity contribution in [3.63, 3.8) is 0 Å². The fourth-order valence-corrected chi connectivity index (χ4v) is 4.48. The predicted octanol–water partition coefficient (Wildman–Crippen LogP) is 5.71. The first kappa shape index (κ1) is 18.1. The quantitative estimate of drug-likeness (QED) is 0.478. The zero-order valence-corrected chi connectivity index (χ0v) is 16.6. The Morgan fingerprint density at radius 2 is 1.57 bits per heavy atom. The lowest BCUT2D eigenvalue weighted by atomic mass is 9.77. The lowest BCUT2D eigenvalue weighted by molar-refractivity contribution is -0.119. The number of carbonyl (C=O) groups excluding carboxylic acids is 1. The summed E-state index contributed by atoms with van der Waals surface area (Å²) in [7, 11) is 0. The molecule has 0 aromatic heterocycles. The average molecular weight is 388 g/mol. The maximum atomic E-state index is 13.0. The molecule has 3 nitrogen and oxygen atoms in total. The van der Waals surface area contributed by atoms with Crippen LogP contribution < -0.4 is 5.32 Å². The van der Waals surface area contributed by atoms with Crippen molar-refractivity contribution in [1.29, 1.82) is 5.26 Å². The highest BCUT2D eigenvalue weighted by Gasteiger charge is 2.38. The SMILES string of the molecule is CC1(c2ccc3ccccc3c2)CC(c2cccc3ccccc23)=C(C#N)C(=O)N1. The zero-order chi connectivity index (χ0) is 20.7. The molecule has 0 spiro atoms. The fourth-order valence-electron chi connectivity index (χ4n) is 4.48. The monoisotopic (exact) mass is 388 g/mol. The van der Waals surface area contributed by atoms with Crippen molar-refractivity contribution in [2.24, 2.45) is 0 Å². The van der Waals surface area contributed by atoms with Gasteiger partial charge in [0, 0.05) is 6.42 Å². The first-order valence-electron chi connectivity index (χ1n) is 10.0. The van der Waals surface area contributed by atoms with Gasteiger partial charge in [0.1, 0.15) is 11.6 Å². The molecule has 0 fully saturated rings. The fraction of sp³-hybridized carbons (Fsp3) is 0.111. The Hall–Kier alpha value is -3.90.